The molecule has 0 aliphatic heterocycles. The van der Waals surface area contributed by atoms with E-state index in [1.54, 1.807) is 0 Å². The first-order valence-electron chi connectivity index (χ1n) is 6.50. The highest BCUT2D eigenvalue weighted by molar-refractivity contribution is 7.91. The summed E-state index contributed by atoms with van der Waals surface area (Å²) in [5.74, 6) is -0.532. The molecule has 0 aliphatic rings. The van der Waals surface area contributed by atoms with Crippen LogP contribution in [0.5, 0.6) is 0 Å². The lowest BCUT2D eigenvalue weighted by atomic mass is 10.2. The monoisotopic (exact) mass is 328 g/mol. The molecule has 0 radical (unpaired) electrons. The summed E-state index contributed by atoms with van der Waals surface area (Å²) in [7, 11) is -4.04. The van der Waals surface area contributed by atoms with Gasteiger partial charge in [0, 0.05) is 11.6 Å². The van der Waals surface area contributed by atoms with Crippen molar-refractivity contribution < 1.29 is 12.8 Å². The maximum absolute atomic E-state index is 13.2. The molecule has 0 aliphatic carbocycles. The zero-order valence-corrected chi connectivity index (χ0v) is 12.4. The first kappa shape index (κ1) is 14.9. The number of pyridine rings is 1. The number of fused-ring (bicyclic) bond motifs is 1. The Morgan fingerprint density at radius 2 is 1.78 bits per heavy atom. The molecule has 0 atom stereocenters. The second kappa shape index (κ2) is 5.34. The first-order chi connectivity index (χ1) is 10.9. The molecule has 7 heteroatoms. The quantitative estimate of drug-likeness (QED) is 0.782. The fourth-order valence-corrected chi connectivity index (χ4v) is 3.53. The van der Waals surface area contributed by atoms with E-state index < -0.39 is 26.0 Å². The number of halogens is 1. The van der Waals surface area contributed by atoms with Gasteiger partial charge in [-0.3, -0.25) is 4.79 Å². The molecule has 3 aromatic rings. The van der Waals surface area contributed by atoms with Crippen molar-refractivity contribution in [1.82, 2.24) is 4.98 Å². The normalized spacial score (nSPS) is 11.3. The van der Waals surface area contributed by atoms with Crippen LogP contribution in [-0.2, 0) is 9.84 Å². The van der Waals surface area contributed by atoms with Crippen molar-refractivity contribution in [2.24, 2.45) is 0 Å². The Labute approximate surface area is 130 Å². The number of H-pyrrole nitrogens is 1. The molecule has 0 fully saturated rings. The fourth-order valence-electron chi connectivity index (χ4n) is 2.21. The van der Waals surface area contributed by atoms with E-state index in [-0.39, 0.29) is 15.8 Å². The van der Waals surface area contributed by atoms with Gasteiger partial charge in [0.25, 0.3) is 0 Å². The third kappa shape index (κ3) is 2.49. The molecule has 1 N–H and O–H groups in total. The average Bonchev–Trinajstić information content (AvgIpc) is 2.54. The number of rotatable bonds is 2. The van der Waals surface area contributed by atoms with Crippen LogP contribution in [0.25, 0.3) is 10.9 Å². The molecule has 5 nitrogen and oxygen atoms in total. The Morgan fingerprint density at radius 3 is 2.43 bits per heavy atom. The summed E-state index contributed by atoms with van der Waals surface area (Å²) >= 11 is 0. The third-order valence-electron chi connectivity index (χ3n) is 3.39. The van der Waals surface area contributed by atoms with Gasteiger partial charge in [0.1, 0.15) is 10.7 Å². The smallest absolute Gasteiger partial charge is 0.211 e. The number of aromatic nitrogens is 1. The molecule has 0 unspecified atom stereocenters. The highest BCUT2D eigenvalue weighted by Crippen LogP contribution is 2.20. The van der Waals surface area contributed by atoms with Crippen molar-refractivity contribution in [1.29, 1.82) is 5.26 Å². The van der Waals surface area contributed by atoms with Gasteiger partial charge in [0.05, 0.1) is 22.0 Å². The topological polar surface area (TPSA) is 90.8 Å². The summed E-state index contributed by atoms with van der Waals surface area (Å²) in [6.07, 6.45) is 1.05. The summed E-state index contributed by atoms with van der Waals surface area (Å²) in [6, 6.07) is 10.6. The van der Waals surface area contributed by atoms with Crippen LogP contribution < -0.4 is 5.43 Å². The highest BCUT2D eigenvalue weighted by atomic mass is 32.2. The summed E-state index contributed by atoms with van der Waals surface area (Å²) in [5, 5.41) is 8.83. The van der Waals surface area contributed by atoms with Crippen LogP contribution in [0.1, 0.15) is 5.56 Å². The summed E-state index contributed by atoms with van der Waals surface area (Å²) in [5.41, 5.74) is -0.177. The van der Waals surface area contributed by atoms with Crippen molar-refractivity contribution >= 4 is 20.7 Å². The molecule has 0 amide bonds. The van der Waals surface area contributed by atoms with Crippen molar-refractivity contribution in [2.75, 3.05) is 0 Å². The lowest BCUT2D eigenvalue weighted by Crippen LogP contribution is -2.16. The second-order valence-electron chi connectivity index (χ2n) is 4.81. The molecular weight excluding hydrogens is 319 g/mol. The minimum absolute atomic E-state index is 0.0844. The Kier molecular flexibility index (Phi) is 3.47. The van der Waals surface area contributed by atoms with E-state index in [9.17, 15) is 17.6 Å². The molecule has 2 aromatic carbocycles. The summed E-state index contributed by atoms with van der Waals surface area (Å²) in [6.45, 7) is 0. The van der Waals surface area contributed by atoms with Gasteiger partial charge in [0.15, 0.2) is 0 Å². The van der Waals surface area contributed by atoms with Crippen LogP contribution in [0.2, 0.25) is 0 Å². The van der Waals surface area contributed by atoms with Gasteiger partial charge in [0.2, 0.25) is 15.3 Å². The van der Waals surface area contributed by atoms with Crippen LogP contribution in [-0.4, -0.2) is 13.4 Å². The molecule has 0 bridgehead atoms. The largest absolute Gasteiger partial charge is 0.360 e. The fraction of sp³-hybridized carbons (Fsp3) is 0. The SMILES string of the molecule is N#Cc1ccc(S(=O)(=O)c2c[nH]c3cc(F)ccc3c2=O)cc1. The number of benzene rings is 2. The zero-order chi connectivity index (χ0) is 16.6. The maximum atomic E-state index is 13.2. The molecule has 0 spiro atoms. The number of hydrogen-bond donors (Lipinski definition) is 1. The van der Waals surface area contributed by atoms with Gasteiger partial charge in [-0.05, 0) is 42.5 Å². The number of nitriles is 1. The lowest BCUT2D eigenvalue weighted by molar-refractivity contribution is 0.595. The van der Waals surface area contributed by atoms with Gasteiger partial charge in [-0.1, -0.05) is 0 Å². The van der Waals surface area contributed by atoms with E-state index >= 15 is 0 Å². The number of aromatic amines is 1. The van der Waals surface area contributed by atoms with E-state index in [1.807, 2.05) is 6.07 Å². The third-order valence-corrected chi connectivity index (χ3v) is 5.17. The molecule has 0 saturated heterocycles. The molecule has 1 heterocycles. The van der Waals surface area contributed by atoms with Crippen molar-refractivity contribution in [2.45, 2.75) is 9.79 Å². The molecule has 23 heavy (non-hydrogen) atoms. The van der Waals surface area contributed by atoms with Gasteiger partial charge in [-0.25, -0.2) is 12.8 Å². The number of hydrogen-bond acceptors (Lipinski definition) is 4. The van der Waals surface area contributed by atoms with Gasteiger partial charge in [-0.15, -0.1) is 0 Å². The average molecular weight is 328 g/mol. The van der Waals surface area contributed by atoms with E-state index in [1.165, 1.54) is 30.3 Å². The van der Waals surface area contributed by atoms with Crippen molar-refractivity contribution in [3.63, 3.8) is 0 Å². The maximum Gasteiger partial charge on any atom is 0.211 e. The second-order valence-corrected chi connectivity index (χ2v) is 6.73. The Hall–Kier alpha value is -2.98. The predicted molar refractivity (Wildman–Crippen MR) is 81.1 cm³/mol. The van der Waals surface area contributed by atoms with Crippen LogP contribution in [0, 0.1) is 17.1 Å². The first-order valence-corrected chi connectivity index (χ1v) is 7.98. The predicted octanol–water partition coefficient (Wildman–Crippen LogP) is 2.37. The lowest BCUT2D eigenvalue weighted by Gasteiger charge is -2.06. The van der Waals surface area contributed by atoms with Crippen molar-refractivity contribution in [3.8, 4) is 6.07 Å². The molecule has 1 aromatic heterocycles. The van der Waals surface area contributed by atoms with Gasteiger partial charge in [-0.2, -0.15) is 5.26 Å². The molecular formula is C16H9FN2O3S. The van der Waals surface area contributed by atoms with E-state index in [4.69, 9.17) is 5.26 Å². The van der Waals surface area contributed by atoms with Crippen molar-refractivity contribution in [3.05, 3.63) is 70.3 Å². The van der Waals surface area contributed by atoms with E-state index in [0.29, 0.717) is 5.56 Å². The van der Waals surface area contributed by atoms with Gasteiger partial charge < -0.3 is 4.98 Å². The Bertz CT molecular complexity index is 1110. The molecule has 3 rings (SSSR count). The zero-order valence-electron chi connectivity index (χ0n) is 11.6. The van der Waals surface area contributed by atoms with Gasteiger partial charge >= 0.3 is 0 Å². The standard InChI is InChI=1S/C16H9FN2O3S/c17-11-3-6-13-14(7-11)19-9-15(16(13)20)23(21,22)12-4-1-10(8-18)2-5-12/h1-7,9H,(H,19,20). The van der Waals surface area contributed by atoms with E-state index in [2.05, 4.69) is 4.98 Å². The molecule has 114 valence electrons. The molecule has 0 saturated carbocycles. The summed E-state index contributed by atoms with van der Waals surface area (Å²) in [4.78, 5) is 14.5. The van der Waals surface area contributed by atoms with Crippen LogP contribution in [0.3, 0.4) is 0 Å². The van der Waals surface area contributed by atoms with Crippen LogP contribution in [0.15, 0.2) is 63.2 Å². The minimum Gasteiger partial charge on any atom is -0.360 e. The summed E-state index contributed by atoms with van der Waals surface area (Å²) < 4.78 is 38.3. The number of nitrogens with zero attached hydrogens (tertiary/aromatic N) is 1. The van der Waals surface area contributed by atoms with Crippen LogP contribution >= 0.6 is 0 Å². The number of nitrogens with one attached hydrogen (secondary N) is 1. The minimum atomic E-state index is -4.04. The number of sulfone groups is 1. The van der Waals surface area contributed by atoms with Crippen LogP contribution in [0.4, 0.5) is 4.39 Å². The Balaban J connectivity index is 2.22. The highest BCUT2D eigenvalue weighted by Gasteiger charge is 2.22. The van der Waals surface area contributed by atoms with E-state index in [0.717, 1.165) is 18.3 Å². The Morgan fingerprint density at radius 1 is 1.09 bits per heavy atom.